The Morgan fingerprint density at radius 3 is 3.12 bits per heavy atom. The molecule has 2 atom stereocenters. The summed E-state index contributed by atoms with van der Waals surface area (Å²) in [6, 6.07) is 5.33. The van der Waals surface area contributed by atoms with Gasteiger partial charge >= 0.3 is 0 Å². The molecule has 126 valence electrons. The molecule has 24 heavy (non-hydrogen) atoms. The highest BCUT2D eigenvalue weighted by Crippen LogP contribution is 2.35. The predicted octanol–water partition coefficient (Wildman–Crippen LogP) is 2.95. The number of likely N-dealkylation sites (tertiary alicyclic amines) is 1. The van der Waals surface area contributed by atoms with Crippen LogP contribution in [0.1, 0.15) is 43.1 Å². The number of hydrogen-bond donors (Lipinski definition) is 0. The van der Waals surface area contributed by atoms with Gasteiger partial charge in [0, 0.05) is 24.4 Å². The normalized spacial score (nSPS) is 22.5. The number of hydrogen-bond acceptors (Lipinski definition) is 5. The van der Waals surface area contributed by atoms with Crippen LogP contribution < -0.4 is 4.74 Å². The summed E-state index contributed by atoms with van der Waals surface area (Å²) < 4.78 is 11.0. The van der Waals surface area contributed by atoms with Crippen molar-refractivity contribution >= 4 is 17.5 Å². The van der Waals surface area contributed by atoms with Crippen molar-refractivity contribution < 1.29 is 14.1 Å². The minimum atomic E-state index is -0.503. The van der Waals surface area contributed by atoms with Crippen molar-refractivity contribution in [3.8, 4) is 5.75 Å². The average molecular weight is 348 g/mol. The third-order valence-corrected chi connectivity index (χ3v) is 4.83. The van der Waals surface area contributed by atoms with Crippen molar-refractivity contribution in [2.24, 2.45) is 0 Å². The van der Waals surface area contributed by atoms with E-state index in [1.807, 2.05) is 24.0 Å². The Morgan fingerprint density at radius 1 is 1.46 bits per heavy atom. The van der Waals surface area contributed by atoms with E-state index in [0.717, 1.165) is 24.2 Å². The first-order valence-corrected chi connectivity index (χ1v) is 8.61. The summed E-state index contributed by atoms with van der Waals surface area (Å²) in [7, 11) is 0. The summed E-state index contributed by atoms with van der Waals surface area (Å²) in [6.45, 7) is 2.65. The molecule has 1 aromatic carbocycles. The van der Waals surface area contributed by atoms with E-state index in [-0.39, 0.29) is 11.9 Å². The Labute approximate surface area is 144 Å². The number of aromatic nitrogens is 2. The van der Waals surface area contributed by atoms with E-state index in [4.69, 9.17) is 20.9 Å². The van der Waals surface area contributed by atoms with Gasteiger partial charge in [0.1, 0.15) is 5.75 Å². The molecule has 6 nitrogen and oxygen atoms in total. The smallest absolute Gasteiger partial charge is 0.264 e. The van der Waals surface area contributed by atoms with Gasteiger partial charge in [0.2, 0.25) is 5.89 Å². The maximum absolute atomic E-state index is 12.9. The number of fused-ring (bicyclic) bond motifs is 1. The second-order valence-corrected chi connectivity index (χ2v) is 6.59. The number of nitrogens with zero attached hydrogens (tertiary/aromatic N) is 3. The zero-order chi connectivity index (χ0) is 16.7. The van der Waals surface area contributed by atoms with Crippen molar-refractivity contribution in [2.75, 3.05) is 6.54 Å². The van der Waals surface area contributed by atoms with Gasteiger partial charge in [-0.1, -0.05) is 23.7 Å². The summed E-state index contributed by atoms with van der Waals surface area (Å²) in [5, 5.41) is 4.70. The zero-order valence-electron chi connectivity index (χ0n) is 13.4. The molecule has 1 amide bonds. The zero-order valence-corrected chi connectivity index (χ0v) is 14.1. The van der Waals surface area contributed by atoms with Gasteiger partial charge in [0.05, 0.1) is 6.04 Å². The van der Waals surface area contributed by atoms with Crippen LogP contribution in [-0.2, 0) is 17.6 Å². The van der Waals surface area contributed by atoms with Crippen molar-refractivity contribution in [3.63, 3.8) is 0 Å². The Bertz CT molecular complexity index is 776. The molecule has 1 aromatic heterocycles. The fourth-order valence-electron chi connectivity index (χ4n) is 3.39. The van der Waals surface area contributed by atoms with E-state index >= 15 is 0 Å². The molecule has 0 bridgehead atoms. The van der Waals surface area contributed by atoms with Crippen LogP contribution >= 0.6 is 11.6 Å². The second kappa shape index (κ2) is 6.09. The van der Waals surface area contributed by atoms with Gasteiger partial charge in [0.15, 0.2) is 11.9 Å². The van der Waals surface area contributed by atoms with Crippen LogP contribution in [0.4, 0.5) is 0 Å². The van der Waals surface area contributed by atoms with Crippen LogP contribution in [-0.4, -0.2) is 33.6 Å². The largest absolute Gasteiger partial charge is 0.480 e. The van der Waals surface area contributed by atoms with Crippen molar-refractivity contribution in [2.45, 2.75) is 44.8 Å². The molecular formula is C17H18ClN3O3. The molecule has 0 saturated carbocycles. The number of rotatable bonds is 3. The lowest BCUT2D eigenvalue weighted by atomic mass is 10.1. The number of carbonyl (C=O) groups excluding carboxylic acids is 1. The van der Waals surface area contributed by atoms with E-state index in [0.29, 0.717) is 36.1 Å². The number of benzene rings is 1. The van der Waals surface area contributed by atoms with Crippen molar-refractivity contribution in [1.82, 2.24) is 15.0 Å². The van der Waals surface area contributed by atoms with E-state index in [1.54, 1.807) is 6.07 Å². The van der Waals surface area contributed by atoms with Crippen LogP contribution in [0.2, 0.25) is 5.02 Å². The minimum absolute atomic E-state index is 0.0207. The summed E-state index contributed by atoms with van der Waals surface area (Å²) in [5.41, 5.74) is 0.976. The van der Waals surface area contributed by atoms with Gasteiger partial charge in [-0.25, -0.2) is 0 Å². The molecule has 2 unspecified atom stereocenters. The summed E-state index contributed by atoms with van der Waals surface area (Å²) in [5.74, 6) is 1.91. The molecule has 1 fully saturated rings. The number of aryl methyl sites for hydroxylation is 1. The van der Waals surface area contributed by atoms with Gasteiger partial charge in [-0.2, -0.15) is 4.98 Å². The van der Waals surface area contributed by atoms with Gasteiger partial charge in [0.25, 0.3) is 5.91 Å². The van der Waals surface area contributed by atoms with Crippen LogP contribution in [0.25, 0.3) is 0 Å². The molecule has 2 aliphatic rings. The molecule has 3 heterocycles. The predicted molar refractivity (Wildman–Crippen MR) is 86.9 cm³/mol. The molecule has 0 radical (unpaired) electrons. The van der Waals surface area contributed by atoms with Crippen LogP contribution in [0, 0.1) is 0 Å². The van der Waals surface area contributed by atoms with E-state index in [2.05, 4.69) is 10.1 Å². The average Bonchev–Trinajstić information content (AvgIpc) is 3.31. The monoisotopic (exact) mass is 347 g/mol. The van der Waals surface area contributed by atoms with Gasteiger partial charge < -0.3 is 14.2 Å². The third-order valence-electron chi connectivity index (χ3n) is 4.59. The van der Waals surface area contributed by atoms with E-state index in [1.165, 1.54) is 0 Å². The molecule has 4 rings (SSSR count). The number of carbonyl (C=O) groups is 1. The topological polar surface area (TPSA) is 68.5 Å². The van der Waals surface area contributed by atoms with Gasteiger partial charge in [-0.15, -0.1) is 0 Å². The molecule has 2 aliphatic heterocycles. The molecule has 7 heteroatoms. The maximum atomic E-state index is 12.9. The summed E-state index contributed by atoms with van der Waals surface area (Å²) in [4.78, 5) is 19.2. The van der Waals surface area contributed by atoms with Gasteiger partial charge in [-0.05, 0) is 36.6 Å². The fraction of sp³-hybridized carbons (Fsp3) is 0.471. The van der Waals surface area contributed by atoms with Crippen LogP contribution in [0.5, 0.6) is 5.75 Å². The fourth-order valence-corrected chi connectivity index (χ4v) is 3.58. The van der Waals surface area contributed by atoms with Gasteiger partial charge in [-0.3, -0.25) is 4.79 Å². The highest BCUT2D eigenvalue weighted by molar-refractivity contribution is 6.30. The van der Waals surface area contributed by atoms with Crippen molar-refractivity contribution in [1.29, 1.82) is 0 Å². The third kappa shape index (κ3) is 2.65. The Balaban J connectivity index is 1.52. The molecule has 2 aromatic rings. The summed E-state index contributed by atoms with van der Waals surface area (Å²) >= 11 is 6.02. The lowest BCUT2D eigenvalue weighted by Gasteiger charge is -2.25. The molecule has 0 N–H and O–H groups in total. The quantitative estimate of drug-likeness (QED) is 0.853. The van der Waals surface area contributed by atoms with Crippen LogP contribution in [0.3, 0.4) is 0 Å². The number of ether oxygens (including phenoxy) is 1. The SMILES string of the molecule is CCc1nc(C2CCCN2C(=O)C2Cc3cc(Cl)ccc3O2)no1. The number of amides is 1. The lowest BCUT2D eigenvalue weighted by molar-refractivity contribution is -0.139. The first kappa shape index (κ1) is 15.4. The Morgan fingerprint density at radius 2 is 2.33 bits per heavy atom. The molecule has 0 aliphatic carbocycles. The summed E-state index contributed by atoms with van der Waals surface area (Å²) in [6.07, 6.45) is 2.51. The lowest BCUT2D eigenvalue weighted by Crippen LogP contribution is -2.41. The highest BCUT2D eigenvalue weighted by Gasteiger charge is 2.39. The molecular weight excluding hydrogens is 330 g/mol. The minimum Gasteiger partial charge on any atom is -0.480 e. The highest BCUT2D eigenvalue weighted by atomic mass is 35.5. The van der Waals surface area contributed by atoms with Crippen molar-refractivity contribution in [3.05, 3.63) is 40.5 Å². The van der Waals surface area contributed by atoms with E-state index < -0.39 is 6.10 Å². The Hall–Kier alpha value is -2.08. The Kier molecular flexibility index (Phi) is 3.92. The maximum Gasteiger partial charge on any atom is 0.264 e. The molecule has 1 saturated heterocycles. The first-order valence-electron chi connectivity index (χ1n) is 8.23. The number of halogens is 1. The molecule has 0 spiro atoms. The first-order chi connectivity index (χ1) is 11.7. The van der Waals surface area contributed by atoms with E-state index in [9.17, 15) is 4.79 Å². The second-order valence-electron chi connectivity index (χ2n) is 6.15. The van der Waals surface area contributed by atoms with Crippen LogP contribution in [0.15, 0.2) is 22.7 Å². The standard InChI is InChI=1S/C17H18ClN3O3/c1-2-15-19-16(20-24-15)12-4-3-7-21(12)17(22)14-9-10-8-11(18)5-6-13(10)23-14/h5-6,8,12,14H,2-4,7,9H2,1H3.